The number of anilines is 1. The Bertz CT molecular complexity index is 1350. The normalized spacial score (nSPS) is 15.6. The first-order chi connectivity index (χ1) is 17.5. The third-order valence-electron chi connectivity index (χ3n) is 6.45. The second-order valence-electron chi connectivity index (χ2n) is 9.02. The summed E-state index contributed by atoms with van der Waals surface area (Å²) in [4.78, 5) is 28.9. The topological polar surface area (TPSA) is 58.6 Å². The second-order valence-corrected chi connectivity index (χ2v) is 9.96. The van der Waals surface area contributed by atoms with Crippen LogP contribution < -0.4 is 10.1 Å². The minimum absolute atomic E-state index is 0.0293. The number of rotatable bonds is 6. The van der Waals surface area contributed by atoms with Crippen LogP contribution in [0, 0.1) is 6.92 Å². The monoisotopic (exact) mass is 496 g/mol. The maximum atomic E-state index is 13.5. The van der Waals surface area contributed by atoms with Crippen LogP contribution >= 0.6 is 11.3 Å². The van der Waals surface area contributed by atoms with Crippen LogP contribution in [0.15, 0.2) is 90.3 Å². The number of hydrogen-bond donors (Lipinski definition) is 1. The van der Waals surface area contributed by atoms with E-state index in [2.05, 4.69) is 23.5 Å². The molecule has 0 saturated carbocycles. The van der Waals surface area contributed by atoms with E-state index in [0.29, 0.717) is 12.3 Å². The number of aryl methyl sites for hydroxylation is 1. The second kappa shape index (κ2) is 10.4. The molecule has 2 heterocycles. The average molecular weight is 497 g/mol. The van der Waals surface area contributed by atoms with Crippen LogP contribution in [0.25, 0.3) is 0 Å². The fraction of sp³-hybridized carbons (Fsp3) is 0.200. The zero-order valence-electron chi connectivity index (χ0n) is 20.3. The lowest BCUT2D eigenvalue weighted by Crippen LogP contribution is -2.40. The van der Waals surface area contributed by atoms with Crippen molar-refractivity contribution in [2.75, 3.05) is 11.9 Å². The van der Waals surface area contributed by atoms with Gasteiger partial charge in [-0.2, -0.15) is 0 Å². The first-order valence-corrected chi connectivity index (χ1v) is 12.9. The van der Waals surface area contributed by atoms with Crippen LogP contribution in [-0.2, 0) is 11.2 Å². The quantitative estimate of drug-likeness (QED) is 0.343. The molecule has 5 nitrogen and oxygen atoms in total. The van der Waals surface area contributed by atoms with Crippen molar-refractivity contribution in [3.63, 3.8) is 0 Å². The van der Waals surface area contributed by atoms with E-state index in [-0.39, 0.29) is 17.9 Å². The number of nitrogens with zero attached hydrogens (tertiary/aromatic N) is 1. The summed E-state index contributed by atoms with van der Waals surface area (Å²) in [5.41, 5.74) is 5.12. The highest BCUT2D eigenvalue weighted by Crippen LogP contribution is 2.38. The molecule has 36 heavy (non-hydrogen) atoms. The van der Waals surface area contributed by atoms with Crippen LogP contribution in [0.3, 0.4) is 0 Å². The van der Waals surface area contributed by atoms with Gasteiger partial charge in [-0.05, 0) is 72.7 Å². The number of amides is 2. The molecule has 0 saturated heterocycles. The number of benzene rings is 3. The van der Waals surface area contributed by atoms with E-state index in [1.54, 1.807) is 6.92 Å². The number of carbonyl (C=O) groups excluding carboxylic acids is 2. The molecule has 5 rings (SSSR count). The molecular formula is C30H28N2O3S. The predicted octanol–water partition coefficient (Wildman–Crippen LogP) is 6.25. The minimum atomic E-state index is -0.688. The third-order valence-corrected chi connectivity index (χ3v) is 7.31. The first kappa shape index (κ1) is 23.8. The highest BCUT2D eigenvalue weighted by Gasteiger charge is 2.33. The molecule has 6 heteroatoms. The molecule has 2 unspecified atom stereocenters. The molecule has 0 radical (unpaired) electrons. The van der Waals surface area contributed by atoms with E-state index in [1.807, 2.05) is 83.9 Å². The highest BCUT2D eigenvalue weighted by molar-refractivity contribution is 7.12. The maximum absolute atomic E-state index is 13.5. The molecule has 1 aliphatic heterocycles. The fourth-order valence-corrected chi connectivity index (χ4v) is 5.24. The van der Waals surface area contributed by atoms with E-state index in [9.17, 15) is 9.59 Å². The molecule has 0 fully saturated rings. The summed E-state index contributed by atoms with van der Waals surface area (Å²) in [6, 6.07) is 27.2. The van der Waals surface area contributed by atoms with Crippen LogP contribution in [0.1, 0.15) is 44.9 Å². The largest absolute Gasteiger partial charge is 0.481 e. The molecule has 0 aliphatic carbocycles. The molecule has 1 aromatic heterocycles. The van der Waals surface area contributed by atoms with Crippen molar-refractivity contribution in [2.45, 2.75) is 32.4 Å². The Labute approximate surface area is 215 Å². The Kier molecular flexibility index (Phi) is 6.87. The van der Waals surface area contributed by atoms with E-state index >= 15 is 0 Å². The van der Waals surface area contributed by atoms with Gasteiger partial charge in [0.15, 0.2) is 6.10 Å². The molecule has 2 amide bonds. The predicted molar refractivity (Wildman–Crippen MR) is 144 cm³/mol. The van der Waals surface area contributed by atoms with Gasteiger partial charge in [0.05, 0.1) is 10.9 Å². The van der Waals surface area contributed by atoms with Crippen molar-refractivity contribution in [1.82, 2.24) is 4.90 Å². The Morgan fingerprint density at radius 2 is 1.78 bits per heavy atom. The summed E-state index contributed by atoms with van der Waals surface area (Å²) < 4.78 is 6.08. The van der Waals surface area contributed by atoms with Gasteiger partial charge in [0.25, 0.3) is 11.8 Å². The van der Waals surface area contributed by atoms with E-state index in [4.69, 9.17) is 4.74 Å². The Morgan fingerprint density at radius 1 is 1.00 bits per heavy atom. The molecule has 182 valence electrons. The van der Waals surface area contributed by atoms with Crippen LogP contribution in [0.4, 0.5) is 5.69 Å². The third kappa shape index (κ3) is 5.04. The number of fused-ring (bicyclic) bond motifs is 1. The summed E-state index contributed by atoms with van der Waals surface area (Å²) >= 11 is 1.46. The van der Waals surface area contributed by atoms with Gasteiger partial charge >= 0.3 is 0 Å². The average Bonchev–Trinajstić information content (AvgIpc) is 3.44. The minimum Gasteiger partial charge on any atom is -0.481 e. The van der Waals surface area contributed by atoms with Gasteiger partial charge in [-0.1, -0.05) is 60.2 Å². The lowest BCUT2D eigenvalue weighted by Gasteiger charge is -2.38. The summed E-state index contributed by atoms with van der Waals surface area (Å²) in [6.07, 6.45) is 0.0754. The molecular weight excluding hydrogens is 468 g/mol. The lowest BCUT2D eigenvalue weighted by molar-refractivity contribution is -0.122. The molecule has 3 aromatic carbocycles. The van der Waals surface area contributed by atoms with Crippen LogP contribution in [0.5, 0.6) is 5.75 Å². The molecule has 0 spiro atoms. The van der Waals surface area contributed by atoms with Gasteiger partial charge in [0, 0.05) is 12.2 Å². The summed E-state index contributed by atoms with van der Waals surface area (Å²) in [5, 5.41) is 4.84. The Balaban J connectivity index is 1.41. The molecule has 4 aromatic rings. The zero-order valence-corrected chi connectivity index (χ0v) is 21.1. The van der Waals surface area contributed by atoms with Crippen molar-refractivity contribution in [3.8, 4) is 5.75 Å². The number of ether oxygens (including phenoxy) is 1. The smallest absolute Gasteiger partial charge is 0.265 e. The van der Waals surface area contributed by atoms with Gasteiger partial charge in [-0.3, -0.25) is 9.59 Å². The Hall–Kier alpha value is -3.90. The van der Waals surface area contributed by atoms with Gasteiger partial charge < -0.3 is 15.0 Å². The first-order valence-electron chi connectivity index (χ1n) is 12.1. The standard InChI is InChI=1S/C30H28N2O3S/c1-20-10-13-24(14-11-20)31-29(33)21(2)35-25-15-12-22-16-17-32(30(34)27-9-6-18-36-27)28(26(22)19-25)23-7-4-3-5-8-23/h3-15,18-19,21,28H,16-17H2,1-2H3,(H,31,33). The van der Waals surface area contributed by atoms with E-state index in [1.165, 1.54) is 16.9 Å². The number of carbonyl (C=O) groups is 2. The fourth-order valence-electron chi connectivity index (χ4n) is 4.56. The van der Waals surface area contributed by atoms with Crippen molar-refractivity contribution in [1.29, 1.82) is 0 Å². The van der Waals surface area contributed by atoms with Gasteiger partial charge in [0.2, 0.25) is 0 Å². The molecule has 2 atom stereocenters. The lowest BCUT2D eigenvalue weighted by atomic mass is 9.87. The van der Waals surface area contributed by atoms with Crippen LogP contribution in [0.2, 0.25) is 0 Å². The summed E-state index contributed by atoms with van der Waals surface area (Å²) in [5.74, 6) is 0.416. The summed E-state index contributed by atoms with van der Waals surface area (Å²) in [6.45, 7) is 4.38. The van der Waals surface area contributed by atoms with Crippen molar-refractivity contribution < 1.29 is 14.3 Å². The SMILES string of the molecule is Cc1ccc(NC(=O)C(C)Oc2ccc3c(c2)C(c2ccccc2)N(C(=O)c2cccs2)CC3)cc1. The van der Waals surface area contributed by atoms with Gasteiger partial charge in [-0.15, -0.1) is 11.3 Å². The van der Waals surface area contributed by atoms with Crippen LogP contribution in [-0.4, -0.2) is 29.4 Å². The number of thiophene rings is 1. The molecule has 1 N–H and O–H groups in total. The van der Waals surface area contributed by atoms with Gasteiger partial charge in [-0.25, -0.2) is 0 Å². The molecule has 0 bridgehead atoms. The zero-order chi connectivity index (χ0) is 25.1. The van der Waals surface area contributed by atoms with Crippen molar-refractivity contribution in [2.24, 2.45) is 0 Å². The Morgan fingerprint density at radius 3 is 2.50 bits per heavy atom. The van der Waals surface area contributed by atoms with Gasteiger partial charge in [0.1, 0.15) is 5.75 Å². The highest BCUT2D eigenvalue weighted by atomic mass is 32.1. The van der Waals surface area contributed by atoms with E-state index < -0.39 is 6.10 Å². The molecule has 1 aliphatic rings. The van der Waals surface area contributed by atoms with Crippen molar-refractivity contribution >= 4 is 28.8 Å². The number of hydrogen-bond acceptors (Lipinski definition) is 4. The van der Waals surface area contributed by atoms with E-state index in [0.717, 1.165) is 33.7 Å². The maximum Gasteiger partial charge on any atom is 0.265 e. The number of nitrogens with one attached hydrogen (secondary N) is 1. The summed E-state index contributed by atoms with van der Waals surface area (Å²) in [7, 11) is 0. The van der Waals surface area contributed by atoms with Crippen molar-refractivity contribution in [3.05, 3.63) is 117 Å².